The van der Waals surface area contributed by atoms with E-state index in [2.05, 4.69) is 29.1 Å². The van der Waals surface area contributed by atoms with Gasteiger partial charge in [-0.3, -0.25) is 0 Å². The van der Waals surface area contributed by atoms with Crippen molar-refractivity contribution in [3.05, 3.63) is 75.4 Å². The van der Waals surface area contributed by atoms with Crippen molar-refractivity contribution in [2.75, 3.05) is 0 Å². The summed E-state index contributed by atoms with van der Waals surface area (Å²) in [7, 11) is 0. The van der Waals surface area contributed by atoms with Gasteiger partial charge in [-0.2, -0.15) is 5.10 Å². The summed E-state index contributed by atoms with van der Waals surface area (Å²) >= 11 is 12.2. The maximum absolute atomic E-state index is 6.20. The highest BCUT2D eigenvalue weighted by Crippen LogP contribution is 2.25. The largest absolute Gasteiger partial charge is 0.236 e. The Bertz CT molecular complexity index is 882. The van der Waals surface area contributed by atoms with Crippen LogP contribution in [-0.2, 0) is 0 Å². The van der Waals surface area contributed by atoms with Gasteiger partial charge in [-0.1, -0.05) is 47.5 Å². The Morgan fingerprint density at radius 2 is 1.83 bits per heavy atom. The monoisotopic (exact) mass is 343 g/mol. The van der Waals surface area contributed by atoms with Crippen molar-refractivity contribution >= 4 is 35.2 Å². The second-order valence-corrected chi connectivity index (χ2v) is 6.08. The minimum absolute atomic E-state index is 0.497. The summed E-state index contributed by atoms with van der Waals surface area (Å²) in [6, 6.07) is 15.5. The third-order valence-corrected chi connectivity index (χ3v) is 4.21. The van der Waals surface area contributed by atoms with E-state index in [1.807, 2.05) is 41.9 Å². The maximum atomic E-state index is 6.20. The van der Waals surface area contributed by atoms with Gasteiger partial charge in [-0.15, -0.1) is 0 Å². The van der Waals surface area contributed by atoms with Gasteiger partial charge in [-0.25, -0.2) is 9.67 Å². The van der Waals surface area contributed by atoms with Gasteiger partial charge < -0.3 is 0 Å². The van der Waals surface area contributed by atoms with Crippen LogP contribution in [0.5, 0.6) is 0 Å². The standard InChI is InChI=1S/C18H15Cl2N3/c1-12-5-3-7-15(9-12)23-17(10-13(2)22-23)21-11-14-6-4-8-16(19)18(14)20/h3-11H,1-2H3/b21-11+. The lowest BCUT2D eigenvalue weighted by Gasteiger charge is -2.05. The fraction of sp³-hybridized carbons (Fsp3) is 0.111. The Kier molecular flexibility index (Phi) is 4.51. The predicted octanol–water partition coefficient (Wildman–Crippen LogP) is 5.55. The topological polar surface area (TPSA) is 30.2 Å². The first kappa shape index (κ1) is 15.8. The molecule has 1 heterocycles. The Morgan fingerprint density at radius 1 is 1.04 bits per heavy atom. The van der Waals surface area contributed by atoms with Crippen molar-refractivity contribution in [3.8, 4) is 5.69 Å². The predicted molar refractivity (Wildman–Crippen MR) is 96.8 cm³/mol. The molecule has 0 aliphatic heterocycles. The number of halogens is 2. The molecule has 0 amide bonds. The van der Waals surface area contributed by atoms with Crippen LogP contribution in [0.2, 0.25) is 10.0 Å². The zero-order valence-electron chi connectivity index (χ0n) is 12.8. The van der Waals surface area contributed by atoms with Gasteiger partial charge in [0.05, 0.1) is 21.4 Å². The van der Waals surface area contributed by atoms with Gasteiger partial charge in [-0.05, 0) is 37.6 Å². The lowest BCUT2D eigenvalue weighted by Crippen LogP contribution is -1.97. The molecule has 3 rings (SSSR count). The van der Waals surface area contributed by atoms with Crippen molar-refractivity contribution in [2.45, 2.75) is 13.8 Å². The number of nitrogens with zero attached hydrogens (tertiary/aromatic N) is 3. The molecule has 23 heavy (non-hydrogen) atoms. The van der Waals surface area contributed by atoms with Crippen molar-refractivity contribution < 1.29 is 0 Å². The smallest absolute Gasteiger partial charge is 0.155 e. The molecule has 3 aromatic rings. The maximum Gasteiger partial charge on any atom is 0.155 e. The second kappa shape index (κ2) is 6.57. The molecule has 0 saturated heterocycles. The van der Waals surface area contributed by atoms with Crippen LogP contribution in [0.3, 0.4) is 0 Å². The Labute approximate surface area is 145 Å². The first-order valence-electron chi connectivity index (χ1n) is 7.16. The minimum Gasteiger partial charge on any atom is -0.236 e. The molecular weight excluding hydrogens is 329 g/mol. The third kappa shape index (κ3) is 3.46. The molecule has 0 N–H and O–H groups in total. The van der Waals surface area contributed by atoms with E-state index >= 15 is 0 Å². The van der Waals surface area contributed by atoms with Crippen LogP contribution in [0.15, 0.2) is 53.5 Å². The number of aryl methyl sites for hydroxylation is 2. The molecule has 0 bridgehead atoms. The fourth-order valence-electron chi connectivity index (χ4n) is 2.28. The summed E-state index contributed by atoms with van der Waals surface area (Å²) in [5.74, 6) is 0.740. The van der Waals surface area contributed by atoms with Gasteiger partial charge in [0.25, 0.3) is 0 Å². The van der Waals surface area contributed by atoms with Gasteiger partial charge in [0.2, 0.25) is 0 Å². The van der Waals surface area contributed by atoms with Gasteiger partial charge in [0.1, 0.15) is 0 Å². The molecular formula is C18H15Cl2N3. The molecule has 0 unspecified atom stereocenters. The molecule has 3 nitrogen and oxygen atoms in total. The highest BCUT2D eigenvalue weighted by Gasteiger charge is 2.07. The summed E-state index contributed by atoms with van der Waals surface area (Å²) < 4.78 is 1.82. The number of hydrogen-bond acceptors (Lipinski definition) is 2. The summed E-state index contributed by atoms with van der Waals surface area (Å²) in [5.41, 5.74) is 3.82. The SMILES string of the molecule is Cc1cccc(-n2nc(C)cc2/N=C/c2cccc(Cl)c2Cl)c1. The van der Waals surface area contributed by atoms with Crippen LogP contribution < -0.4 is 0 Å². The normalized spacial score (nSPS) is 11.3. The quantitative estimate of drug-likeness (QED) is 0.573. The number of hydrogen-bond donors (Lipinski definition) is 0. The van der Waals surface area contributed by atoms with Gasteiger partial charge >= 0.3 is 0 Å². The number of rotatable bonds is 3. The number of benzene rings is 2. The summed E-state index contributed by atoms with van der Waals surface area (Å²) in [5, 5.41) is 5.53. The third-order valence-electron chi connectivity index (χ3n) is 3.38. The lowest BCUT2D eigenvalue weighted by atomic mass is 10.2. The van der Waals surface area contributed by atoms with Crippen molar-refractivity contribution in [1.82, 2.24) is 9.78 Å². The molecule has 0 fully saturated rings. The fourth-order valence-corrected chi connectivity index (χ4v) is 2.64. The van der Waals surface area contributed by atoms with E-state index < -0.39 is 0 Å². The van der Waals surface area contributed by atoms with Gasteiger partial charge in [0, 0.05) is 17.8 Å². The van der Waals surface area contributed by atoms with Crippen molar-refractivity contribution in [2.24, 2.45) is 4.99 Å². The zero-order chi connectivity index (χ0) is 16.4. The molecule has 0 atom stereocenters. The van der Waals surface area contributed by atoms with E-state index in [1.165, 1.54) is 5.56 Å². The van der Waals surface area contributed by atoms with E-state index in [0.717, 1.165) is 22.8 Å². The highest BCUT2D eigenvalue weighted by molar-refractivity contribution is 6.43. The first-order chi connectivity index (χ1) is 11.0. The molecule has 0 spiro atoms. The molecule has 2 aromatic carbocycles. The average molecular weight is 344 g/mol. The van der Waals surface area contributed by atoms with Crippen molar-refractivity contribution in [1.29, 1.82) is 0 Å². The van der Waals surface area contributed by atoms with E-state index in [0.29, 0.717) is 10.0 Å². The lowest BCUT2D eigenvalue weighted by molar-refractivity contribution is 0.862. The van der Waals surface area contributed by atoms with Crippen LogP contribution in [0.1, 0.15) is 16.8 Å². The van der Waals surface area contributed by atoms with E-state index in [9.17, 15) is 0 Å². The summed E-state index contributed by atoms with van der Waals surface area (Å²) in [4.78, 5) is 4.54. The first-order valence-corrected chi connectivity index (χ1v) is 7.92. The molecule has 1 aromatic heterocycles. The molecule has 5 heteroatoms. The molecule has 116 valence electrons. The Hall–Kier alpha value is -2.10. The Morgan fingerprint density at radius 3 is 2.61 bits per heavy atom. The second-order valence-electron chi connectivity index (χ2n) is 5.30. The van der Waals surface area contributed by atoms with E-state index in [-0.39, 0.29) is 0 Å². The van der Waals surface area contributed by atoms with E-state index in [4.69, 9.17) is 23.2 Å². The summed E-state index contributed by atoms with van der Waals surface area (Å²) in [6.07, 6.45) is 1.71. The average Bonchev–Trinajstić information content (AvgIpc) is 2.90. The molecule has 0 aliphatic rings. The number of aromatic nitrogens is 2. The van der Waals surface area contributed by atoms with Crippen LogP contribution in [-0.4, -0.2) is 16.0 Å². The summed E-state index contributed by atoms with van der Waals surface area (Å²) in [6.45, 7) is 3.99. The van der Waals surface area contributed by atoms with Crippen LogP contribution in [0.4, 0.5) is 5.82 Å². The molecule has 0 aliphatic carbocycles. The number of aliphatic imine (C=N–C) groups is 1. The van der Waals surface area contributed by atoms with E-state index in [1.54, 1.807) is 12.3 Å². The van der Waals surface area contributed by atoms with Crippen LogP contribution in [0.25, 0.3) is 5.69 Å². The van der Waals surface area contributed by atoms with Crippen LogP contribution in [0, 0.1) is 13.8 Å². The molecule has 0 saturated carbocycles. The zero-order valence-corrected chi connectivity index (χ0v) is 14.3. The van der Waals surface area contributed by atoms with Crippen molar-refractivity contribution in [3.63, 3.8) is 0 Å². The minimum atomic E-state index is 0.497. The highest BCUT2D eigenvalue weighted by atomic mass is 35.5. The van der Waals surface area contributed by atoms with Gasteiger partial charge in [0.15, 0.2) is 5.82 Å². The Balaban J connectivity index is 2.01. The van der Waals surface area contributed by atoms with Crippen LogP contribution >= 0.6 is 23.2 Å². The molecule has 0 radical (unpaired) electrons.